The van der Waals surface area contributed by atoms with E-state index in [4.69, 9.17) is 4.74 Å². The summed E-state index contributed by atoms with van der Waals surface area (Å²) in [5.74, 6) is 0.425. The largest absolute Gasteiger partial charge is 0.483 e. The number of carbonyl (C=O) groups excluding carboxylic acids is 1. The van der Waals surface area contributed by atoms with E-state index >= 15 is 0 Å². The monoisotopic (exact) mass is 274 g/mol. The summed E-state index contributed by atoms with van der Waals surface area (Å²) in [6.07, 6.45) is 1.60. The predicted octanol–water partition coefficient (Wildman–Crippen LogP) is 2.59. The minimum Gasteiger partial charge on any atom is -0.483 e. The lowest BCUT2D eigenvalue weighted by Crippen LogP contribution is -2.24. The van der Waals surface area contributed by atoms with Crippen LogP contribution in [0, 0.1) is 6.92 Å². The number of benzene rings is 1. The first-order chi connectivity index (χ1) is 9.25. The molecule has 5 heteroatoms. The van der Waals surface area contributed by atoms with Crippen LogP contribution in [-0.4, -0.2) is 18.7 Å². The van der Waals surface area contributed by atoms with Crippen LogP contribution in [0.5, 0.6) is 5.75 Å². The molecule has 2 aromatic rings. The van der Waals surface area contributed by atoms with Crippen molar-refractivity contribution in [2.24, 2.45) is 5.10 Å². The zero-order valence-electron chi connectivity index (χ0n) is 10.5. The molecular formula is C14H14N2O2S. The zero-order chi connectivity index (χ0) is 13.5. The summed E-state index contributed by atoms with van der Waals surface area (Å²) in [4.78, 5) is 11.5. The van der Waals surface area contributed by atoms with Gasteiger partial charge in [0.25, 0.3) is 5.91 Å². The highest BCUT2D eigenvalue weighted by Crippen LogP contribution is 2.15. The van der Waals surface area contributed by atoms with Crippen molar-refractivity contribution >= 4 is 23.5 Å². The van der Waals surface area contributed by atoms with Gasteiger partial charge < -0.3 is 4.74 Å². The minimum atomic E-state index is -0.283. The van der Waals surface area contributed by atoms with E-state index in [9.17, 15) is 4.79 Å². The van der Waals surface area contributed by atoms with Crippen LogP contribution >= 0.6 is 11.3 Å². The fraction of sp³-hybridized carbons (Fsp3) is 0.143. The highest BCUT2D eigenvalue weighted by Gasteiger charge is 2.02. The maximum Gasteiger partial charge on any atom is 0.277 e. The Labute approximate surface area is 115 Å². The van der Waals surface area contributed by atoms with E-state index in [2.05, 4.69) is 10.5 Å². The van der Waals surface area contributed by atoms with Gasteiger partial charge in [-0.25, -0.2) is 5.43 Å². The highest BCUT2D eigenvalue weighted by molar-refractivity contribution is 7.08. The number of amides is 1. The fourth-order valence-corrected chi connectivity index (χ4v) is 2.03. The molecule has 19 heavy (non-hydrogen) atoms. The Hall–Kier alpha value is -2.14. The number of hydrogen-bond acceptors (Lipinski definition) is 4. The number of nitrogens with zero attached hydrogens (tertiary/aromatic N) is 1. The first-order valence-electron chi connectivity index (χ1n) is 5.78. The van der Waals surface area contributed by atoms with Crippen LogP contribution in [0.25, 0.3) is 0 Å². The van der Waals surface area contributed by atoms with Crippen molar-refractivity contribution in [2.45, 2.75) is 6.92 Å². The molecule has 1 aromatic carbocycles. The van der Waals surface area contributed by atoms with E-state index in [0.29, 0.717) is 5.75 Å². The van der Waals surface area contributed by atoms with Crippen LogP contribution in [-0.2, 0) is 4.79 Å². The second kappa shape index (κ2) is 6.70. The van der Waals surface area contributed by atoms with Crippen molar-refractivity contribution < 1.29 is 9.53 Å². The van der Waals surface area contributed by atoms with Crippen molar-refractivity contribution in [3.05, 3.63) is 52.2 Å². The van der Waals surface area contributed by atoms with Gasteiger partial charge in [0.15, 0.2) is 6.61 Å². The van der Waals surface area contributed by atoms with Crippen LogP contribution in [0.2, 0.25) is 0 Å². The maximum atomic E-state index is 11.5. The molecule has 0 fully saturated rings. The number of hydrazone groups is 1. The van der Waals surface area contributed by atoms with Crippen molar-refractivity contribution in [3.8, 4) is 5.75 Å². The normalized spacial score (nSPS) is 10.6. The Morgan fingerprint density at radius 1 is 1.42 bits per heavy atom. The van der Waals surface area contributed by atoms with Crippen LogP contribution in [0.4, 0.5) is 0 Å². The summed E-state index contributed by atoms with van der Waals surface area (Å²) in [7, 11) is 0. The van der Waals surface area contributed by atoms with E-state index in [-0.39, 0.29) is 12.5 Å². The Morgan fingerprint density at radius 2 is 2.26 bits per heavy atom. The molecule has 1 N–H and O–H groups in total. The molecule has 0 aliphatic heterocycles. The van der Waals surface area contributed by atoms with Crippen molar-refractivity contribution in [3.63, 3.8) is 0 Å². The number of rotatable bonds is 5. The number of thiophene rings is 1. The van der Waals surface area contributed by atoms with Crippen molar-refractivity contribution in [1.82, 2.24) is 5.43 Å². The first kappa shape index (κ1) is 13.3. The molecule has 0 aliphatic rings. The van der Waals surface area contributed by atoms with E-state index in [1.165, 1.54) is 0 Å². The zero-order valence-corrected chi connectivity index (χ0v) is 11.3. The molecule has 0 saturated carbocycles. The van der Waals surface area contributed by atoms with Gasteiger partial charge in [-0.2, -0.15) is 16.4 Å². The van der Waals surface area contributed by atoms with Gasteiger partial charge in [0.05, 0.1) is 6.21 Å². The van der Waals surface area contributed by atoms with Gasteiger partial charge in [-0.1, -0.05) is 18.2 Å². The summed E-state index contributed by atoms with van der Waals surface area (Å²) < 4.78 is 5.40. The van der Waals surface area contributed by atoms with E-state index in [0.717, 1.165) is 11.1 Å². The molecule has 1 aromatic heterocycles. The van der Waals surface area contributed by atoms with Gasteiger partial charge in [0.1, 0.15) is 5.75 Å². The summed E-state index contributed by atoms with van der Waals surface area (Å²) in [6, 6.07) is 9.48. The lowest BCUT2D eigenvalue weighted by molar-refractivity contribution is -0.123. The van der Waals surface area contributed by atoms with Gasteiger partial charge >= 0.3 is 0 Å². The van der Waals surface area contributed by atoms with Crippen molar-refractivity contribution in [1.29, 1.82) is 0 Å². The molecule has 98 valence electrons. The second-order valence-electron chi connectivity index (χ2n) is 3.90. The predicted molar refractivity (Wildman–Crippen MR) is 76.7 cm³/mol. The summed E-state index contributed by atoms with van der Waals surface area (Å²) in [5, 5.41) is 7.74. The van der Waals surface area contributed by atoms with Gasteiger partial charge in [-0.05, 0) is 35.4 Å². The molecule has 1 heterocycles. The van der Waals surface area contributed by atoms with Gasteiger partial charge in [-0.15, -0.1) is 0 Å². The number of nitrogens with one attached hydrogen (secondary N) is 1. The van der Waals surface area contributed by atoms with Crippen LogP contribution in [0.1, 0.15) is 11.1 Å². The van der Waals surface area contributed by atoms with Gasteiger partial charge in [-0.3, -0.25) is 4.79 Å². The molecule has 2 rings (SSSR count). The number of para-hydroxylation sites is 1. The molecule has 0 unspecified atom stereocenters. The third-order valence-corrected chi connectivity index (χ3v) is 3.10. The maximum absolute atomic E-state index is 11.5. The average molecular weight is 274 g/mol. The van der Waals surface area contributed by atoms with Crippen LogP contribution < -0.4 is 10.2 Å². The minimum absolute atomic E-state index is 0.0498. The average Bonchev–Trinajstić information content (AvgIpc) is 2.91. The van der Waals surface area contributed by atoms with E-state index in [1.54, 1.807) is 17.6 Å². The summed E-state index contributed by atoms with van der Waals surface area (Å²) >= 11 is 1.58. The molecule has 4 nitrogen and oxygen atoms in total. The number of carbonyl (C=O) groups is 1. The molecule has 0 radical (unpaired) electrons. The smallest absolute Gasteiger partial charge is 0.277 e. The SMILES string of the molecule is Cc1ccccc1OCC(=O)N/N=C/c1ccsc1. The molecular weight excluding hydrogens is 260 g/mol. The van der Waals surface area contributed by atoms with E-state index < -0.39 is 0 Å². The number of aryl methyl sites for hydroxylation is 1. The number of ether oxygens (including phenoxy) is 1. The Kier molecular flexibility index (Phi) is 4.69. The lowest BCUT2D eigenvalue weighted by atomic mass is 10.2. The second-order valence-corrected chi connectivity index (χ2v) is 4.68. The third-order valence-electron chi connectivity index (χ3n) is 2.40. The Morgan fingerprint density at radius 3 is 3.00 bits per heavy atom. The third kappa shape index (κ3) is 4.22. The molecule has 0 aliphatic carbocycles. The molecule has 0 bridgehead atoms. The quantitative estimate of drug-likeness (QED) is 0.673. The topological polar surface area (TPSA) is 50.7 Å². The molecule has 0 atom stereocenters. The molecule has 0 saturated heterocycles. The summed E-state index contributed by atoms with van der Waals surface area (Å²) in [5.41, 5.74) is 4.38. The first-order valence-corrected chi connectivity index (χ1v) is 6.72. The van der Waals surface area contributed by atoms with Crippen molar-refractivity contribution in [2.75, 3.05) is 6.61 Å². The standard InChI is InChI=1S/C14H14N2O2S/c1-11-4-2-3-5-13(11)18-9-14(17)16-15-8-12-6-7-19-10-12/h2-8,10H,9H2,1H3,(H,16,17)/b15-8+. The summed E-state index contributed by atoms with van der Waals surface area (Å²) in [6.45, 7) is 1.88. The van der Waals surface area contributed by atoms with Gasteiger partial charge in [0.2, 0.25) is 0 Å². The van der Waals surface area contributed by atoms with Crippen LogP contribution in [0.15, 0.2) is 46.2 Å². The fourth-order valence-electron chi connectivity index (χ4n) is 1.42. The Bertz CT molecular complexity index is 565. The van der Waals surface area contributed by atoms with Gasteiger partial charge in [0, 0.05) is 5.56 Å². The Balaban J connectivity index is 1.78. The van der Waals surface area contributed by atoms with Crippen LogP contribution in [0.3, 0.4) is 0 Å². The lowest BCUT2D eigenvalue weighted by Gasteiger charge is -2.07. The highest BCUT2D eigenvalue weighted by atomic mass is 32.1. The molecule has 0 spiro atoms. The van der Waals surface area contributed by atoms with E-state index in [1.807, 2.05) is 48.0 Å². The number of hydrogen-bond donors (Lipinski definition) is 1. The molecule has 1 amide bonds.